The molecule has 2 aliphatic carbocycles. The lowest BCUT2D eigenvalue weighted by Gasteiger charge is -2.24. The van der Waals surface area contributed by atoms with Crippen molar-refractivity contribution in [2.45, 2.75) is 31.7 Å². The summed E-state index contributed by atoms with van der Waals surface area (Å²) in [4.78, 5) is 7.28. The molecule has 4 nitrogen and oxygen atoms in total. The fraction of sp³-hybridized carbons (Fsp3) is 0.412. The molecular formula is C17H20N4. The van der Waals surface area contributed by atoms with E-state index in [2.05, 4.69) is 4.90 Å². The van der Waals surface area contributed by atoms with Crippen molar-refractivity contribution in [3.63, 3.8) is 0 Å². The number of rotatable bonds is 5. The first-order chi connectivity index (χ1) is 10.2. The van der Waals surface area contributed by atoms with Crippen LogP contribution in [-0.2, 0) is 0 Å². The van der Waals surface area contributed by atoms with Crippen molar-refractivity contribution in [1.29, 1.82) is 5.41 Å². The molecule has 2 aromatic rings. The Hall–Kier alpha value is -2.10. The van der Waals surface area contributed by atoms with Gasteiger partial charge in [-0.25, -0.2) is 4.98 Å². The molecule has 3 N–H and O–H groups in total. The van der Waals surface area contributed by atoms with E-state index < -0.39 is 0 Å². The summed E-state index contributed by atoms with van der Waals surface area (Å²) < 4.78 is 0. The Kier molecular flexibility index (Phi) is 2.84. The molecule has 0 bridgehead atoms. The molecule has 4 heteroatoms. The molecular weight excluding hydrogens is 260 g/mol. The van der Waals surface area contributed by atoms with Crippen LogP contribution in [0.15, 0.2) is 30.3 Å². The van der Waals surface area contributed by atoms with Crippen LogP contribution >= 0.6 is 0 Å². The Morgan fingerprint density at radius 2 is 2.00 bits per heavy atom. The molecule has 2 saturated carbocycles. The lowest BCUT2D eigenvalue weighted by molar-refractivity contribution is 0.710. The van der Waals surface area contributed by atoms with E-state index >= 15 is 0 Å². The van der Waals surface area contributed by atoms with Gasteiger partial charge in [-0.05, 0) is 43.7 Å². The molecule has 1 aromatic heterocycles. The number of nitrogens with one attached hydrogen (secondary N) is 1. The molecule has 0 atom stereocenters. The highest BCUT2D eigenvalue weighted by molar-refractivity contribution is 6.07. The second kappa shape index (κ2) is 4.72. The van der Waals surface area contributed by atoms with E-state index in [1.165, 1.54) is 25.7 Å². The quantitative estimate of drug-likeness (QED) is 0.653. The van der Waals surface area contributed by atoms with E-state index in [-0.39, 0.29) is 5.84 Å². The van der Waals surface area contributed by atoms with Gasteiger partial charge in [-0.2, -0.15) is 0 Å². The molecule has 0 spiro atoms. The number of anilines is 1. The van der Waals surface area contributed by atoms with E-state index in [1.807, 2.05) is 30.3 Å². The molecule has 0 amide bonds. The van der Waals surface area contributed by atoms with E-state index in [4.69, 9.17) is 16.1 Å². The zero-order valence-corrected chi connectivity index (χ0v) is 12.0. The summed E-state index contributed by atoms with van der Waals surface area (Å²) >= 11 is 0. The second-order valence-corrected chi connectivity index (χ2v) is 6.29. The lowest BCUT2D eigenvalue weighted by atomic mass is 10.1. The summed E-state index contributed by atoms with van der Waals surface area (Å²) in [7, 11) is 0. The number of nitrogens with two attached hydrogens (primary N) is 1. The molecule has 2 aliphatic rings. The summed E-state index contributed by atoms with van der Waals surface area (Å²) in [6.07, 6.45) is 5.21. The van der Waals surface area contributed by atoms with Gasteiger partial charge in [0.2, 0.25) is 0 Å². The van der Waals surface area contributed by atoms with Gasteiger partial charge in [0, 0.05) is 23.5 Å². The van der Waals surface area contributed by atoms with Crippen molar-refractivity contribution in [2.24, 2.45) is 11.7 Å². The zero-order valence-electron chi connectivity index (χ0n) is 12.0. The van der Waals surface area contributed by atoms with Gasteiger partial charge in [-0.15, -0.1) is 0 Å². The second-order valence-electron chi connectivity index (χ2n) is 6.29. The van der Waals surface area contributed by atoms with Gasteiger partial charge in [0.25, 0.3) is 0 Å². The number of nitrogen functional groups attached to an aromatic ring is 1. The number of amidine groups is 1. The van der Waals surface area contributed by atoms with Crippen LogP contribution in [0.2, 0.25) is 0 Å². The zero-order chi connectivity index (χ0) is 14.4. The first kappa shape index (κ1) is 12.6. The normalized spacial score (nSPS) is 17.9. The Morgan fingerprint density at radius 3 is 2.67 bits per heavy atom. The minimum Gasteiger partial charge on any atom is -0.384 e. The predicted molar refractivity (Wildman–Crippen MR) is 85.9 cm³/mol. The Labute approximate surface area is 124 Å². The highest BCUT2D eigenvalue weighted by Crippen LogP contribution is 2.38. The molecule has 0 aliphatic heterocycles. The van der Waals surface area contributed by atoms with Gasteiger partial charge in [0.05, 0.1) is 5.52 Å². The van der Waals surface area contributed by atoms with Crippen LogP contribution in [-0.4, -0.2) is 23.4 Å². The first-order valence-corrected chi connectivity index (χ1v) is 7.73. The Balaban J connectivity index is 1.81. The number of fused-ring (bicyclic) bond motifs is 1. The Morgan fingerprint density at radius 1 is 1.24 bits per heavy atom. The number of aromatic nitrogens is 1. The average molecular weight is 280 g/mol. The predicted octanol–water partition coefficient (Wildman–Crippen LogP) is 2.90. The summed E-state index contributed by atoms with van der Waals surface area (Å²) in [5.74, 6) is 1.95. The van der Waals surface area contributed by atoms with Crippen molar-refractivity contribution in [3.8, 4) is 0 Å². The third kappa shape index (κ3) is 2.46. The SMILES string of the molecule is N=C(N)c1cc(N(CC2CC2)C2CC2)nc2ccccc12. The maximum atomic E-state index is 7.86. The smallest absolute Gasteiger partial charge is 0.130 e. The third-order valence-corrected chi connectivity index (χ3v) is 4.43. The van der Waals surface area contributed by atoms with Crippen LogP contribution in [0.3, 0.4) is 0 Å². The molecule has 0 unspecified atom stereocenters. The molecule has 4 rings (SSSR count). The van der Waals surface area contributed by atoms with Gasteiger partial charge >= 0.3 is 0 Å². The molecule has 0 radical (unpaired) electrons. The van der Waals surface area contributed by atoms with E-state index in [0.717, 1.165) is 34.7 Å². The van der Waals surface area contributed by atoms with Crippen molar-refractivity contribution in [1.82, 2.24) is 4.98 Å². The van der Waals surface area contributed by atoms with Crippen LogP contribution in [0.4, 0.5) is 5.82 Å². The summed E-state index contributed by atoms with van der Waals surface area (Å²) in [5.41, 5.74) is 7.53. The number of nitrogens with zero attached hydrogens (tertiary/aromatic N) is 2. The monoisotopic (exact) mass is 280 g/mol. The number of benzene rings is 1. The standard InChI is InChI=1S/C17H20N4/c18-17(19)14-9-16(20-15-4-2-1-3-13(14)15)21(12-7-8-12)10-11-5-6-11/h1-4,9,11-12H,5-8,10H2,(H3,18,19). The van der Waals surface area contributed by atoms with Gasteiger partial charge in [-0.3, -0.25) is 5.41 Å². The van der Waals surface area contributed by atoms with Crippen LogP contribution in [0.25, 0.3) is 10.9 Å². The topological polar surface area (TPSA) is 66.0 Å². The van der Waals surface area contributed by atoms with Gasteiger partial charge in [0.1, 0.15) is 11.7 Å². The molecule has 2 fully saturated rings. The summed E-state index contributed by atoms with van der Waals surface area (Å²) in [5, 5.41) is 8.83. The minimum absolute atomic E-state index is 0.122. The van der Waals surface area contributed by atoms with Crippen molar-refractivity contribution < 1.29 is 0 Å². The summed E-state index contributed by atoms with van der Waals surface area (Å²) in [6.45, 7) is 1.10. The van der Waals surface area contributed by atoms with Crippen LogP contribution in [0, 0.1) is 11.3 Å². The van der Waals surface area contributed by atoms with Gasteiger partial charge in [0.15, 0.2) is 0 Å². The molecule has 1 aromatic carbocycles. The number of hydrogen-bond acceptors (Lipinski definition) is 3. The highest BCUT2D eigenvalue weighted by atomic mass is 15.2. The van der Waals surface area contributed by atoms with Gasteiger partial charge < -0.3 is 10.6 Å². The van der Waals surface area contributed by atoms with Crippen molar-refractivity contribution in [2.75, 3.05) is 11.4 Å². The fourth-order valence-electron chi connectivity index (χ4n) is 2.93. The maximum Gasteiger partial charge on any atom is 0.130 e. The van der Waals surface area contributed by atoms with Crippen molar-refractivity contribution >= 4 is 22.6 Å². The maximum absolute atomic E-state index is 7.86. The number of para-hydroxylation sites is 1. The van der Waals surface area contributed by atoms with Crippen LogP contribution < -0.4 is 10.6 Å². The number of pyridine rings is 1. The fourth-order valence-corrected chi connectivity index (χ4v) is 2.93. The summed E-state index contributed by atoms with van der Waals surface area (Å²) in [6, 6.07) is 10.6. The molecule has 1 heterocycles. The minimum atomic E-state index is 0.122. The van der Waals surface area contributed by atoms with Crippen molar-refractivity contribution in [3.05, 3.63) is 35.9 Å². The average Bonchev–Trinajstić information content (AvgIpc) is 3.37. The molecule has 21 heavy (non-hydrogen) atoms. The Bertz CT molecular complexity index is 701. The number of hydrogen-bond donors (Lipinski definition) is 2. The highest BCUT2D eigenvalue weighted by Gasteiger charge is 2.34. The molecule has 0 saturated heterocycles. The lowest BCUT2D eigenvalue weighted by Crippen LogP contribution is -2.29. The van der Waals surface area contributed by atoms with E-state index in [0.29, 0.717) is 6.04 Å². The van der Waals surface area contributed by atoms with E-state index in [1.54, 1.807) is 0 Å². The largest absolute Gasteiger partial charge is 0.384 e. The molecule has 108 valence electrons. The first-order valence-electron chi connectivity index (χ1n) is 7.73. The third-order valence-electron chi connectivity index (χ3n) is 4.43. The van der Waals surface area contributed by atoms with Crippen LogP contribution in [0.1, 0.15) is 31.2 Å². The van der Waals surface area contributed by atoms with Gasteiger partial charge in [-0.1, -0.05) is 18.2 Å². The van der Waals surface area contributed by atoms with E-state index in [9.17, 15) is 0 Å². The van der Waals surface area contributed by atoms with Crippen LogP contribution in [0.5, 0.6) is 0 Å².